The first kappa shape index (κ1) is 23.8. The van der Waals surface area contributed by atoms with Crippen LogP contribution in [0.15, 0.2) is 133 Å². The second-order valence-corrected chi connectivity index (χ2v) is 10.9. The van der Waals surface area contributed by atoms with Crippen LogP contribution in [0.3, 0.4) is 0 Å². The van der Waals surface area contributed by atoms with E-state index in [9.17, 15) is 0 Å². The molecule has 6 heteroatoms. The van der Waals surface area contributed by atoms with Gasteiger partial charge in [-0.05, 0) is 34.9 Å². The molecule has 0 spiro atoms. The summed E-state index contributed by atoms with van der Waals surface area (Å²) in [5, 5.41) is 1.05. The van der Waals surface area contributed by atoms with Gasteiger partial charge in [0, 0.05) is 22.4 Å². The van der Waals surface area contributed by atoms with E-state index in [1.165, 1.54) is 22.4 Å². The Hall–Kier alpha value is -5.07. The van der Waals surface area contributed by atoms with Crippen LogP contribution < -0.4 is 0 Å². The molecule has 7 aromatic rings. The molecule has 0 atom stereocenters. The highest BCUT2D eigenvalue weighted by Crippen LogP contribution is 2.41. The minimum atomic E-state index is 0.657. The summed E-state index contributed by atoms with van der Waals surface area (Å²) in [5.41, 5.74) is 9.96. The van der Waals surface area contributed by atoms with Crippen molar-refractivity contribution >= 4 is 22.8 Å². The number of aromatic nitrogens is 5. The average molecular weight is 546 g/mol. The van der Waals surface area contributed by atoms with E-state index in [0.29, 0.717) is 17.5 Å². The van der Waals surface area contributed by atoms with Crippen LogP contribution in [0.25, 0.3) is 62.0 Å². The summed E-state index contributed by atoms with van der Waals surface area (Å²) in [4.78, 5) is 19.4. The SMILES string of the molecule is c1ccc(-c2nc(-c3ccccc3)nc(-c3ccc(-c4cccc5c4CSc4nc6ccccc6n4-5)cc3)n2)cc1. The first-order valence-corrected chi connectivity index (χ1v) is 14.5. The maximum Gasteiger partial charge on any atom is 0.174 e. The van der Waals surface area contributed by atoms with Crippen LogP contribution in [0.5, 0.6) is 0 Å². The van der Waals surface area contributed by atoms with Gasteiger partial charge < -0.3 is 0 Å². The lowest BCUT2D eigenvalue weighted by atomic mass is 9.97. The van der Waals surface area contributed by atoms with Gasteiger partial charge in [-0.3, -0.25) is 4.57 Å². The van der Waals surface area contributed by atoms with Gasteiger partial charge in [0.05, 0.1) is 16.7 Å². The molecule has 0 aliphatic carbocycles. The Morgan fingerprint density at radius 1 is 0.488 bits per heavy atom. The molecule has 5 nitrogen and oxygen atoms in total. The normalized spacial score (nSPS) is 12.2. The third-order valence-corrected chi connectivity index (χ3v) is 8.39. The molecule has 3 heterocycles. The molecule has 194 valence electrons. The first-order chi connectivity index (χ1) is 20.3. The van der Waals surface area contributed by atoms with Crippen molar-refractivity contribution in [2.45, 2.75) is 10.9 Å². The van der Waals surface area contributed by atoms with E-state index in [0.717, 1.165) is 38.6 Å². The van der Waals surface area contributed by atoms with Gasteiger partial charge in [-0.1, -0.05) is 121 Å². The molecule has 8 rings (SSSR count). The Kier molecular flexibility index (Phi) is 5.71. The summed E-state index contributed by atoms with van der Waals surface area (Å²) in [5.74, 6) is 2.86. The third-order valence-electron chi connectivity index (χ3n) is 7.42. The molecule has 0 saturated carbocycles. The van der Waals surface area contributed by atoms with Crippen molar-refractivity contribution in [1.82, 2.24) is 24.5 Å². The van der Waals surface area contributed by atoms with E-state index in [-0.39, 0.29) is 0 Å². The van der Waals surface area contributed by atoms with Crippen LogP contribution in [0.4, 0.5) is 0 Å². The van der Waals surface area contributed by atoms with E-state index >= 15 is 0 Å². The quantitative estimate of drug-likeness (QED) is 0.222. The lowest BCUT2D eigenvalue weighted by Crippen LogP contribution is -2.07. The highest BCUT2D eigenvalue weighted by molar-refractivity contribution is 7.98. The largest absolute Gasteiger partial charge is 0.287 e. The molecule has 0 radical (unpaired) electrons. The minimum Gasteiger partial charge on any atom is -0.287 e. The van der Waals surface area contributed by atoms with E-state index in [4.69, 9.17) is 19.9 Å². The standard InChI is InChI=1S/C35H23N5S/c1-3-10-24(11-4-1)32-37-33(25-12-5-2-6-13-25)39-34(38-32)26-20-18-23(19-21-26)27-14-9-17-30-28(27)22-41-35-36-29-15-7-8-16-31(29)40(30)35/h1-21H,22H2. The molecule has 41 heavy (non-hydrogen) atoms. The molecular formula is C35H23N5S. The van der Waals surface area contributed by atoms with Crippen molar-refractivity contribution in [3.05, 3.63) is 133 Å². The zero-order chi connectivity index (χ0) is 27.2. The maximum atomic E-state index is 4.88. The number of hydrogen-bond donors (Lipinski definition) is 0. The van der Waals surface area contributed by atoms with Gasteiger partial charge in [-0.2, -0.15) is 0 Å². The molecule has 0 unspecified atom stereocenters. The number of hydrogen-bond acceptors (Lipinski definition) is 5. The van der Waals surface area contributed by atoms with Crippen LogP contribution in [0.2, 0.25) is 0 Å². The highest BCUT2D eigenvalue weighted by Gasteiger charge is 2.23. The Morgan fingerprint density at radius 2 is 1.05 bits per heavy atom. The topological polar surface area (TPSA) is 56.5 Å². The van der Waals surface area contributed by atoms with Crippen LogP contribution in [-0.2, 0) is 5.75 Å². The van der Waals surface area contributed by atoms with Gasteiger partial charge in [-0.15, -0.1) is 0 Å². The molecule has 0 saturated heterocycles. The summed E-state index contributed by atoms with van der Waals surface area (Å²) < 4.78 is 2.29. The fourth-order valence-electron chi connectivity index (χ4n) is 5.41. The van der Waals surface area contributed by atoms with Crippen LogP contribution in [0, 0.1) is 0 Å². The summed E-state index contributed by atoms with van der Waals surface area (Å²) in [6, 6.07) is 43.6. The predicted molar refractivity (Wildman–Crippen MR) is 166 cm³/mol. The van der Waals surface area contributed by atoms with Crippen LogP contribution >= 0.6 is 11.8 Å². The van der Waals surface area contributed by atoms with E-state index in [1.54, 1.807) is 11.8 Å². The molecule has 0 amide bonds. The second-order valence-electron chi connectivity index (χ2n) is 9.93. The maximum absolute atomic E-state index is 4.88. The molecule has 5 aromatic carbocycles. The minimum absolute atomic E-state index is 0.657. The van der Waals surface area contributed by atoms with Gasteiger partial charge >= 0.3 is 0 Å². The highest BCUT2D eigenvalue weighted by atomic mass is 32.2. The summed E-state index contributed by atoms with van der Waals surface area (Å²) in [6.07, 6.45) is 0. The van der Waals surface area contributed by atoms with E-state index < -0.39 is 0 Å². The van der Waals surface area contributed by atoms with Crippen molar-refractivity contribution in [2.24, 2.45) is 0 Å². The van der Waals surface area contributed by atoms with Gasteiger partial charge in [0.25, 0.3) is 0 Å². The van der Waals surface area contributed by atoms with Gasteiger partial charge in [0.1, 0.15) is 0 Å². The molecular weight excluding hydrogens is 522 g/mol. The summed E-state index contributed by atoms with van der Waals surface area (Å²) >= 11 is 1.79. The number of fused-ring (bicyclic) bond motifs is 5. The smallest absolute Gasteiger partial charge is 0.174 e. The monoisotopic (exact) mass is 545 g/mol. The average Bonchev–Trinajstić information content (AvgIpc) is 3.44. The van der Waals surface area contributed by atoms with Gasteiger partial charge in [-0.25, -0.2) is 19.9 Å². The molecule has 2 aromatic heterocycles. The van der Waals surface area contributed by atoms with Crippen molar-refractivity contribution < 1.29 is 0 Å². The summed E-state index contributed by atoms with van der Waals surface area (Å²) in [6.45, 7) is 0. The van der Waals surface area contributed by atoms with Crippen molar-refractivity contribution in [1.29, 1.82) is 0 Å². The number of imidazole rings is 1. The van der Waals surface area contributed by atoms with Crippen molar-refractivity contribution in [3.63, 3.8) is 0 Å². The number of benzene rings is 5. The Morgan fingerprint density at radius 3 is 1.71 bits per heavy atom. The zero-order valence-electron chi connectivity index (χ0n) is 22.0. The Bertz CT molecular complexity index is 1980. The van der Waals surface area contributed by atoms with Gasteiger partial charge in [0.2, 0.25) is 0 Å². The number of thioether (sulfide) groups is 1. The fourth-order valence-corrected chi connectivity index (χ4v) is 6.48. The molecule has 0 bridgehead atoms. The van der Waals surface area contributed by atoms with E-state index in [1.807, 2.05) is 66.7 Å². The molecule has 0 fully saturated rings. The fraction of sp³-hybridized carbons (Fsp3) is 0.0286. The third kappa shape index (κ3) is 4.20. The zero-order valence-corrected chi connectivity index (χ0v) is 22.8. The number of rotatable bonds is 4. The number of nitrogens with zero attached hydrogens (tertiary/aromatic N) is 5. The van der Waals surface area contributed by atoms with Crippen molar-refractivity contribution in [2.75, 3.05) is 0 Å². The second kappa shape index (κ2) is 9.84. The van der Waals surface area contributed by atoms with Crippen LogP contribution in [-0.4, -0.2) is 24.5 Å². The number of para-hydroxylation sites is 2. The van der Waals surface area contributed by atoms with Crippen LogP contribution in [0.1, 0.15) is 5.56 Å². The first-order valence-electron chi connectivity index (χ1n) is 13.5. The molecule has 1 aliphatic rings. The lowest BCUT2D eigenvalue weighted by Gasteiger charge is -2.22. The Labute approximate surface area is 241 Å². The molecule has 1 aliphatic heterocycles. The Balaban J connectivity index is 1.21. The predicted octanol–water partition coefficient (Wildman–Crippen LogP) is 8.48. The van der Waals surface area contributed by atoms with Crippen molar-refractivity contribution in [3.8, 4) is 51.0 Å². The van der Waals surface area contributed by atoms with Gasteiger partial charge in [0.15, 0.2) is 22.6 Å². The lowest BCUT2D eigenvalue weighted by molar-refractivity contribution is 0.895. The summed E-state index contributed by atoms with van der Waals surface area (Å²) in [7, 11) is 0. The van der Waals surface area contributed by atoms with E-state index in [2.05, 4.69) is 65.2 Å². The molecule has 0 N–H and O–H groups in total.